The number of hydrogen-bond donors (Lipinski definition) is 0. The largest absolute Gasteiger partial charge is 0.265 e. The molecule has 0 N–H and O–H groups in total. The maximum atomic E-state index is 14.6. The van der Waals surface area contributed by atoms with E-state index in [-0.39, 0.29) is 17.8 Å². The summed E-state index contributed by atoms with van der Waals surface area (Å²) in [6, 6.07) is 10.6. The van der Waals surface area contributed by atoms with Gasteiger partial charge in [-0.15, -0.1) is 0 Å². The molecule has 2 aromatic carbocycles. The Balaban J connectivity index is 1.83. The molecule has 0 radical (unpaired) electrons. The molecule has 1 heterocycles. The fraction of sp³-hybridized carbons (Fsp3) is 0.250. The van der Waals surface area contributed by atoms with Gasteiger partial charge in [0.25, 0.3) is 0 Å². The monoisotopic (exact) mass is 344 g/mol. The third-order valence-corrected chi connectivity index (χ3v) is 4.24. The van der Waals surface area contributed by atoms with Crippen LogP contribution in [0.2, 0.25) is 0 Å². The van der Waals surface area contributed by atoms with E-state index in [4.69, 9.17) is 0 Å². The van der Waals surface area contributed by atoms with E-state index in [1.165, 1.54) is 24.3 Å². The number of aromatic nitrogens is 2. The third-order valence-electron chi connectivity index (χ3n) is 4.24. The van der Waals surface area contributed by atoms with Crippen LogP contribution in [0.4, 0.5) is 13.2 Å². The van der Waals surface area contributed by atoms with Gasteiger partial charge >= 0.3 is 0 Å². The van der Waals surface area contributed by atoms with E-state index >= 15 is 0 Å². The molecule has 130 valence electrons. The minimum absolute atomic E-state index is 0.0340. The molecule has 0 spiro atoms. The molecule has 0 unspecified atom stereocenters. The van der Waals surface area contributed by atoms with Crippen LogP contribution >= 0.6 is 0 Å². The Morgan fingerprint density at radius 1 is 0.920 bits per heavy atom. The van der Waals surface area contributed by atoms with Crippen molar-refractivity contribution in [2.75, 3.05) is 0 Å². The molecule has 0 saturated carbocycles. The summed E-state index contributed by atoms with van der Waals surface area (Å²) in [7, 11) is 0. The van der Waals surface area contributed by atoms with Gasteiger partial charge in [-0.1, -0.05) is 12.1 Å². The van der Waals surface area contributed by atoms with Crippen LogP contribution in [-0.2, 0) is 19.4 Å². The van der Waals surface area contributed by atoms with E-state index in [1.807, 2.05) is 19.9 Å². The summed E-state index contributed by atoms with van der Waals surface area (Å²) in [5.41, 5.74) is 2.76. The van der Waals surface area contributed by atoms with Crippen LogP contribution in [-0.4, -0.2) is 9.78 Å². The van der Waals surface area contributed by atoms with Crippen LogP contribution in [0.5, 0.6) is 0 Å². The van der Waals surface area contributed by atoms with Gasteiger partial charge in [-0.3, -0.25) is 4.68 Å². The lowest BCUT2D eigenvalue weighted by Gasteiger charge is -2.09. The lowest BCUT2D eigenvalue weighted by Crippen LogP contribution is -2.02. The molecule has 2 nitrogen and oxygen atoms in total. The van der Waals surface area contributed by atoms with Gasteiger partial charge in [-0.2, -0.15) is 5.10 Å². The predicted molar refractivity (Wildman–Crippen MR) is 91.8 cm³/mol. The van der Waals surface area contributed by atoms with Gasteiger partial charge in [0.2, 0.25) is 0 Å². The standard InChI is InChI=1S/C20H19F3N2/c1-3-25-20(11-13(2)24-25)16-10-8-14(12-19(16)23)7-9-15-17(21)5-4-6-18(15)22/h4-6,8,10-12H,3,7,9H2,1-2H3. The molecular formula is C20H19F3N2. The quantitative estimate of drug-likeness (QED) is 0.631. The van der Waals surface area contributed by atoms with E-state index in [0.717, 1.165) is 11.4 Å². The zero-order valence-electron chi connectivity index (χ0n) is 14.2. The third kappa shape index (κ3) is 3.60. The number of nitrogens with zero attached hydrogens (tertiary/aromatic N) is 2. The summed E-state index contributed by atoms with van der Waals surface area (Å²) in [4.78, 5) is 0. The second-order valence-corrected chi connectivity index (χ2v) is 6.00. The van der Waals surface area contributed by atoms with E-state index in [9.17, 15) is 13.2 Å². The maximum Gasteiger partial charge on any atom is 0.132 e. The Hall–Kier alpha value is -2.56. The molecule has 0 aliphatic rings. The number of hydrogen-bond acceptors (Lipinski definition) is 1. The van der Waals surface area contributed by atoms with Crippen molar-refractivity contribution in [2.45, 2.75) is 33.2 Å². The average molecular weight is 344 g/mol. The van der Waals surface area contributed by atoms with Gasteiger partial charge in [0.05, 0.1) is 11.4 Å². The van der Waals surface area contributed by atoms with Gasteiger partial charge in [-0.25, -0.2) is 13.2 Å². The fourth-order valence-corrected chi connectivity index (χ4v) is 2.97. The first kappa shape index (κ1) is 17.3. The highest BCUT2D eigenvalue weighted by atomic mass is 19.1. The van der Waals surface area contributed by atoms with E-state index < -0.39 is 11.6 Å². The highest BCUT2D eigenvalue weighted by Gasteiger charge is 2.13. The molecule has 3 aromatic rings. The second kappa shape index (κ2) is 7.13. The van der Waals surface area contributed by atoms with Crippen molar-refractivity contribution in [2.24, 2.45) is 0 Å². The first-order valence-corrected chi connectivity index (χ1v) is 8.25. The summed E-state index contributed by atoms with van der Waals surface area (Å²) in [5, 5.41) is 4.33. The Bertz CT molecular complexity index is 880. The number of benzene rings is 2. The molecule has 0 bridgehead atoms. The van der Waals surface area contributed by atoms with Crippen molar-refractivity contribution >= 4 is 0 Å². The second-order valence-electron chi connectivity index (χ2n) is 6.00. The summed E-state index contributed by atoms with van der Waals surface area (Å²) in [5.74, 6) is -1.50. The van der Waals surface area contributed by atoms with Gasteiger partial charge in [-0.05, 0) is 62.6 Å². The molecular weight excluding hydrogens is 325 g/mol. The number of halogens is 3. The van der Waals surface area contributed by atoms with Gasteiger partial charge in [0, 0.05) is 17.7 Å². The van der Waals surface area contributed by atoms with Gasteiger partial charge in [0.1, 0.15) is 17.5 Å². The van der Waals surface area contributed by atoms with E-state index in [2.05, 4.69) is 5.10 Å². The first-order valence-electron chi connectivity index (χ1n) is 8.25. The number of aryl methyl sites for hydroxylation is 3. The Labute approximate surface area is 144 Å². The normalized spacial score (nSPS) is 11.1. The number of rotatable bonds is 5. The van der Waals surface area contributed by atoms with Crippen LogP contribution in [0, 0.1) is 24.4 Å². The van der Waals surface area contributed by atoms with Crippen LogP contribution in [0.3, 0.4) is 0 Å². The minimum atomic E-state index is -0.570. The molecule has 25 heavy (non-hydrogen) atoms. The maximum absolute atomic E-state index is 14.6. The fourth-order valence-electron chi connectivity index (χ4n) is 2.97. The topological polar surface area (TPSA) is 17.8 Å². The molecule has 0 aliphatic carbocycles. The summed E-state index contributed by atoms with van der Waals surface area (Å²) < 4.78 is 43.7. The molecule has 3 rings (SSSR count). The summed E-state index contributed by atoms with van der Waals surface area (Å²) >= 11 is 0. The minimum Gasteiger partial charge on any atom is -0.265 e. The summed E-state index contributed by atoms with van der Waals surface area (Å²) in [6.45, 7) is 4.47. The molecule has 0 atom stereocenters. The van der Waals surface area contributed by atoms with Gasteiger partial charge in [0.15, 0.2) is 0 Å². The molecule has 0 saturated heterocycles. The highest BCUT2D eigenvalue weighted by molar-refractivity contribution is 5.61. The van der Waals surface area contributed by atoms with Crippen molar-refractivity contribution in [3.05, 3.63) is 76.7 Å². The molecule has 1 aromatic heterocycles. The molecule has 0 fully saturated rings. The van der Waals surface area contributed by atoms with Crippen molar-refractivity contribution in [3.63, 3.8) is 0 Å². The van der Waals surface area contributed by atoms with Crippen molar-refractivity contribution in [1.29, 1.82) is 0 Å². The van der Waals surface area contributed by atoms with Crippen molar-refractivity contribution in [1.82, 2.24) is 9.78 Å². The summed E-state index contributed by atoms with van der Waals surface area (Å²) in [6.07, 6.45) is 0.546. The zero-order valence-corrected chi connectivity index (χ0v) is 14.2. The molecule has 0 amide bonds. The van der Waals surface area contributed by atoms with Crippen LogP contribution in [0.1, 0.15) is 23.7 Å². The SMILES string of the molecule is CCn1nc(C)cc1-c1ccc(CCc2c(F)cccc2F)cc1F. The molecule has 0 aliphatic heterocycles. The highest BCUT2D eigenvalue weighted by Crippen LogP contribution is 2.25. The average Bonchev–Trinajstić information content (AvgIpc) is 2.95. The Morgan fingerprint density at radius 3 is 2.28 bits per heavy atom. The van der Waals surface area contributed by atoms with E-state index in [1.54, 1.807) is 16.8 Å². The first-order chi connectivity index (χ1) is 12.0. The smallest absolute Gasteiger partial charge is 0.132 e. The van der Waals surface area contributed by atoms with Crippen molar-refractivity contribution in [3.8, 4) is 11.3 Å². The lowest BCUT2D eigenvalue weighted by molar-refractivity contribution is 0.554. The van der Waals surface area contributed by atoms with E-state index in [0.29, 0.717) is 24.1 Å². The van der Waals surface area contributed by atoms with Crippen molar-refractivity contribution < 1.29 is 13.2 Å². The van der Waals surface area contributed by atoms with Crippen LogP contribution in [0.15, 0.2) is 42.5 Å². The van der Waals surface area contributed by atoms with Gasteiger partial charge < -0.3 is 0 Å². The van der Waals surface area contributed by atoms with Crippen LogP contribution < -0.4 is 0 Å². The lowest BCUT2D eigenvalue weighted by atomic mass is 10.0. The zero-order chi connectivity index (χ0) is 18.0. The molecule has 5 heteroatoms. The Kier molecular flexibility index (Phi) is 4.93. The Morgan fingerprint density at radius 2 is 1.64 bits per heavy atom. The van der Waals surface area contributed by atoms with Crippen LogP contribution in [0.25, 0.3) is 11.3 Å². The predicted octanol–water partition coefficient (Wildman–Crippen LogP) is 5.08.